The van der Waals surface area contributed by atoms with Crippen molar-refractivity contribution in [3.63, 3.8) is 0 Å². The Balaban J connectivity index is 2.23. The second-order valence-electron chi connectivity index (χ2n) is 5.21. The summed E-state index contributed by atoms with van der Waals surface area (Å²) in [6.07, 6.45) is 2.68. The van der Waals surface area contributed by atoms with Gasteiger partial charge in [-0.15, -0.1) is 0 Å². The third-order valence-corrected chi connectivity index (χ3v) is 4.30. The van der Waals surface area contributed by atoms with Crippen molar-refractivity contribution in [2.45, 2.75) is 26.2 Å². The number of halogens is 1. The molecular weight excluding hydrogens is 318 g/mol. The number of rotatable bonds is 4. The van der Waals surface area contributed by atoms with E-state index in [-0.39, 0.29) is 11.3 Å². The minimum atomic E-state index is -0.343. The van der Waals surface area contributed by atoms with Gasteiger partial charge < -0.3 is 10.6 Å². The third kappa shape index (κ3) is 3.02. The van der Waals surface area contributed by atoms with Gasteiger partial charge in [0.1, 0.15) is 6.07 Å². The average Bonchev–Trinajstić information content (AvgIpc) is 2.89. The topological polar surface area (TPSA) is 64.9 Å². The summed E-state index contributed by atoms with van der Waals surface area (Å²) < 4.78 is 0.848. The van der Waals surface area contributed by atoms with Crippen molar-refractivity contribution >= 4 is 27.5 Å². The second-order valence-corrected chi connectivity index (χ2v) is 6.13. The molecule has 0 spiro atoms. The first-order valence-electron chi connectivity index (χ1n) is 6.83. The molecule has 1 aromatic rings. The molecule has 5 heteroatoms. The number of carbonyl (C=O) groups is 1. The summed E-state index contributed by atoms with van der Waals surface area (Å²) in [4.78, 5) is 12.6. The van der Waals surface area contributed by atoms with E-state index >= 15 is 0 Å². The molecule has 1 atom stereocenters. The van der Waals surface area contributed by atoms with Gasteiger partial charge in [0.25, 0.3) is 0 Å². The minimum absolute atomic E-state index is 0.0129. The molecule has 0 aliphatic carbocycles. The largest absolute Gasteiger partial charge is 0.324 e. The van der Waals surface area contributed by atoms with Crippen LogP contribution in [0.15, 0.2) is 22.7 Å². The number of nitriles is 1. The lowest BCUT2D eigenvalue weighted by Crippen LogP contribution is -2.38. The summed E-state index contributed by atoms with van der Waals surface area (Å²) in [5.74, 6) is 0.0129. The Morgan fingerprint density at radius 3 is 3.00 bits per heavy atom. The summed E-state index contributed by atoms with van der Waals surface area (Å²) in [7, 11) is 0. The van der Waals surface area contributed by atoms with Crippen molar-refractivity contribution in [2.24, 2.45) is 5.41 Å². The maximum atomic E-state index is 12.6. The van der Waals surface area contributed by atoms with Crippen LogP contribution in [0.2, 0.25) is 0 Å². The molecule has 106 valence electrons. The lowest BCUT2D eigenvalue weighted by molar-refractivity contribution is -0.125. The molecule has 1 fully saturated rings. The first-order valence-corrected chi connectivity index (χ1v) is 7.62. The number of carbonyl (C=O) groups excluding carboxylic acids is 1. The quantitative estimate of drug-likeness (QED) is 0.888. The van der Waals surface area contributed by atoms with Crippen LogP contribution in [-0.4, -0.2) is 19.0 Å². The number of hydrogen-bond donors (Lipinski definition) is 2. The Bertz CT molecular complexity index is 545. The Morgan fingerprint density at radius 2 is 2.40 bits per heavy atom. The fourth-order valence-corrected chi connectivity index (χ4v) is 3.08. The molecule has 1 unspecified atom stereocenters. The first-order chi connectivity index (χ1) is 9.61. The van der Waals surface area contributed by atoms with E-state index in [2.05, 4.69) is 39.6 Å². The fraction of sp³-hybridized carbons (Fsp3) is 0.467. The zero-order chi connectivity index (χ0) is 14.6. The predicted octanol–water partition coefficient (Wildman–Crippen LogP) is 3.04. The maximum absolute atomic E-state index is 12.6. The fourth-order valence-electron chi connectivity index (χ4n) is 2.72. The predicted molar refractivity (Wildman–Crippen MR) is 82.3 cm³/mol. The zero-order valence-corrected chi connectivity index (χ0v) is 13.1. The van der Waals surface area contributed by atoms with Crippen molar-refractivity contribution in [3.8, 4) is 6.07 Å². The average molecular weight is 336 g/mol. The molecule has 1 aliphatic rings. The molecule has 4 nitrogen and oxygen atoms in total. The first kappa shape index (κ1) is 15.0. The molecule has 0 saturated carbocycles. The molecular formula is C15H18BrN3O. The molecule has 0 aromatic heterocycles. The maximum Gasteiger partial charge on any atom is 0.231 e. The van der Waals surface area contributed by atoms with E-state index in [0.29, 0.717) is 17.8 Å². The van der Waals surface area contributed by atoms with Gasteiger partial charge in [-0.25, -0.2) is 0 Å². The van der Waals surface area contributed by atoms with E-state index in [1.807, 2.05) is 0 Å². The van der Waals surface area contributed by atoms with Gasteiger partial charge in [-0.3, -0.25) is 4.79 Å². The Labute approximate surface area is 127 Å². The summed E-state index contributed by atoms with van der Waals surface area (Å²) >= 11 is 3.37. The second kappa shape index (κ2) is 6.38. The van der Waals surface area contributed by atoms with Gasteiger partial charge in [0.05, 0.1) is 16.7 Å². The van der Waals surface area contributed by atoms with E-state index < -0.39 is 0 Å². The van der Waals surface area contributed by atoms with Crippen LogP contribution in [0, 0.1) is 16.7 Å². The van der Waals surface area contributed by atoms with Crippen molar-refractivity contribution in [1.29, 1.82) is 5.26 Å². The molecule has 20 heavy (non-hydrogen) atoms. The smallest absolute Gasteiger partial charge is 0.231 e. The highest BCUT2D eigenvalue weighted by Crippen LogP contribution is 2.33. The van der Waals surface area contributed by atoms with E-state index in [4.69, 9.17) is 5.26 Å². The Morgan fingerprint density at radius 1 is 1.60 bits per heavy atom. The lowest BCUT2D eigenvalue weighted by atomic mass is 9.81. The zero-order valence-electron chi connectivity index (χ0n) is 11.5. The van der Waals surface area contributed by atoms with E-state index in [9.17, 15) is 4.79 Å². The van der Waals surface area contributed by atoms with Crippen LogP contribution in [0.5, 0.6) is 0 Å². The van der Waals surface area contributed by atoms with Crippen LogP contribution in [0.4, 0.5) is 5.69 Å². The monoisotopic (exact) mass is 335 g/mol. The van der Waals surface area contributed by atoms with Crippen molar-refractivity contribution < 1.29 is 4.79 Å². The highest BCUT2D eigenvalue weighted by atomic mass is 79.9. The third-order valence-electron chi connectivity index (χ3n) is 3.80. The molecule has 1 aliphatic heterocycles. The van der Waals surface area contributed by atoms with E-state index in [1.165, 1.54) is 0 Å². The van der Waals surface area contributed by atoms with Crippen LogP contribution in [0.1, 0.15) is 31.7 Å². The number of nitrogens with one attached hydrogen (secondary N) is 2. The van der Waals surface area contributed by atoms with Crippen molar-refractivity contribution in [1.82, 2.24) is 5.32 Å². The highest BCUT2D eigenvalue weighted by molar-refractivity contribution is 9.10. The van der Waals surface area contributed by atoms with E-state index in [0.717, 1.165) is 30.3 Å². The van der Waals surface area contributed by atoms with Crippen molar-refractivity contribution in [2.75, 3.05) is 18.4 Å². The van der Waals surface area contributed by atoms with Crippen LogP contribution in [0.25, 0.3) is 0 Å². The number of anilines is 1. The van der Waals surface area contributed by atoms with Gasteiger partial charge in [-0.05, 0) is 37.6 Å². The molecule has 1 amide bonds. The van der Waals surface area contributed by atoms with Gasteiger partial charge in [0, 0.05) is 11.0 Å². The Hall–Kier alpha value is -1.38. The number of amides is 1. The SMILES string of the molecule is CCCC1(C(=O)Nc2cc(Br)ccc2C#N)CCNC1. The minimum Gasteiger partial charge on any atom is -0.324 e. The standard InChI is InChI=1S/C15H18BrN3O/c1-2-5-15(6-7-18-10-15)14(20)19-13-8-12(16)4-3-11(13)9-17/h3-4,8,18H,2,5-7,10H2,1H3,(H,19,20). The molecule has 0 bridgehead atoms. The normalized spacial score (nSPS) is 21.4. The molecule has 2 rings (SSSR count). The van der Waals surface area contributed by atoms with Crippen molar-refractivity contribution in [3.05, 3.63) is 28.2 Å². The summed E-state index contributed by atoms with van der Waals surface area (Å²) in [6.45, 7) is 3.67. The highest BCUT2D eigenvalue weighted by Gasteiger charge is 2.40. The molecule has 2 N–H and O–H groups in total. The van der Waals surface area contributed by atoms with Gasteiger partial charge >= 0.3 is 0 Å². The van der Waals surface area contributed by atoms with E-state index in [1.54, 1.807) is 18.2 Å². The number of nitrogens with zero attached hydrogens (tertiary/aromatic N) is 1. The lowest BCUT2D eigenvalue weighted by Gasteiger charge is -2.26. The van der Waals surface area contributed by atoms with Crippen LogP contribution < -0.4 is 10.6 Å². The van der Waals surface area contributed by atoms with Crippen LogP contribution in [-0.2, 0) is 4.79 Å². The molecule has 1 heterocycles. The number of hydrogen-bond acceptors (Lipinski definition) is 3. The van der Waals surface area contributed by atoms with Gasteiger partial charge in [-0.2, -0.15) is 5.26 Å². The van der Waals surface area contributed by atoms with Gasteiger partial charge in [-0.1, -0.05) is 29.3 Å². The Kier molecular flexibility index (Phi) is 4.79. The van der Waals surface area contributed by atoms with Crippen LogP contribution >= 0.6 is 15.9 Å². The molecule has 1 saturated heterocycles. The number of benzene rings is 1. The summed E-state index contributed by atoms with van der Waals surface area (Å²) in [5.41, 5.74) is 0.720. The summed E-state index contributed by atoms with van der Waals surface area (Å²) in [5, 5.41) is 15.3. The van der Waals surface area contributed by atoms with Gasteiger partial charge in [0.2, 0.25) is 5.91 Å². The molecule has 1 aromatic carbocycles. The van der Waals surface area contributed by atoms with Gasteiger partial charge in [0.15, 0.2) is 0 Å². The van der Waals surface area contributed by atoms with Crippen LogP contribution in [0.3, 0.4) is 0 Å². The summed E-state index contributed by atoms with van der Waals surface area (Å²) in [6, 6.07) is 7.39. The molecule has 0 radical (unpaired) electrons.